The molecule has 3 unspecified atom stereocenters. The Morgan fingerprint density at radius 2 is 2.15 bits per heavy atom. The van der Waals surface area contributed by atoms with Crippen LogP contribution in [0.5, 0.6) is 0 Å². The number of nitrogens with one attached hydrogen (secondary N) is 1. The van der Waals surface area contributed by atoms with Gasteiger partial charge in [0.25, 0.3) is 0 Å². The van der Waals surface area contributed by atoms with Gasteiger partial charge in [-0.05, 0) is 71.0 Å². The van der Waals surface area contributed by atoms with Crippen molar-refractivity contribution in [3.05, 3.63) is 0 Å². The molecular formula is C17H34N2O. The lowest BCUT2D eigenvalue weighted by Crippen LogP contribution is -2.50. The van der Waals surface area contributed by atoms with Crippen molar-refractivity contribution in [2.24, 2.45) is 5.92 Å². The predicted molar refractivity (Wildman–Crippen MR) is 85.1 cm³/mol. The van der Waals surface area contributed by atoms with Crippen molar-refractivity contribution in [3.63, 3.8) is 0 Å². The van der Waals surface area contributed by atoms with E-state index in [2.05, 4.69) is 31.0 Å². The van der Waals surface area contributed by atoms with Gasteiger partial charge in [-0.15, -0.1) is 0 Å². The molecule has 1 N–H and O–H groups in total. The summed E-state index contributed by atoms with van der Waals surface area (Å²) in [4.78, 5) is 2.77. The van der Waals surface area contributed by atoms with Crippen molar-refractivity contribution < 1.29 is 4.74 Å². The fraction of sp³-hybridized carbons (Fsp3) is 1.00. The van der Waals surface area contributed by atoms with Crippen LogP contribution in [0.15, 0.2) is 0 Å². The molecule has 0 saturated carbocycles. The molecule has 2 aliphatic rings. The molecular weight excluding hydrogens is 248 g/mol. The molecule has 2 saturated heterocycles. The summed E-state index contributed by atoms with van der Waals surface area (Å²) < 4.78 is 6.02. The second-order valence-corrected chi connectivity index (χ2v) is 7.01. The summed E-state index contributed by atoms with van der Waals surface area (Å²) in [5.41, 5.74) is 0.111. The zero-order chi connectivity index (χ0) is 14.4. The summed E-state index contributed by atoms with van der Waals surface area (Å²) in [5, 5.41) is 3.56. The van der Waals surface area contributed by atoms with E-state index in [9.17, 15) is 0 Å². The number of rotatable bonds is 6. The summed E-state index contributed by atoms with van der Waals surface area (Å²) in [6.07, 6.45) is 7.58. The molecule has 2 fully saturated rings. The highest BCUT2D eigenvalue weighted by atomic mass is 16.5. The lowest BCUT2D eigenvalue weighted by atomic mass is 9.88. The SMILES string of the molecule is CCCN(CC1CCCNC1)C1CCOC(C)(CC)C1. The van der Waals surface area contributed by atoms with Gasteiger partial charge < -0.3 is 10.1 Å². The first-order chi connectivity index (χ1) is 9.67. The van der Waals surface area contributed by atoms with Gasteiger partial charge >= 0.3 is 0 Å². The molecule has 3 heteroatoms. The third-order valence-corrected chi connectivity index (χ3v) is 5.24. The molecule has 0 aromatic rings. The van der Waals surface area contributed by atoms with Crippen LogP contribution >= 0.6 is 0 Å². The van der Waals surface area contributed by atoms with E-state index in [0.717, 1.165) is 25.0 Å². The van der Waals surface area contributed by atoms with Crippen molar-refractivity contribution in [1.29, 1.82) is 0 Å². The van der Waals surface area contributed by atoms with Gasteiger partial charge in [0.15, 0.2) is 0 Å². The summed E-state index contributed by atoms with van der Waals surface area (Å²) >= 11 is 0. The van der Waals surface area contributed by atoms with Crippen LogP contribution in [0.4, 0.5) is 0 Å². The monoisotopic (exact) mass is 282 g/mol. The van der Waals surface area contributed by atoms with Crippen molar-refractivity contribution in [2.45, 2.75) is 70.9 Å². The molecule has 3 atom stereocenters. The Labute approximate surface area is 125 Å². The Bertz CT molecular complexity index is 278. The van der Waals surface area contributed by atoms with Crippen LogP contribution in [0.1, 0.15) is 59.3 Å². The fourth-order valence-electron chi connectivity index (χ4n) is 3.78. The van der Waals surface area contributed by atoms with E-state index < -0.39 is 0 Å². The minimum atomic E-state index is 0.111. The minimum Gasteiger partial charge on any atom is -0.375 e. The highest BCUT2D eigenvalue weighted by molar-refractivity contribution is 4.88. The Kier molecular flexibility index (Phi) is 6.31. The van der Waals surface area contributed by atoms with Crippen LogP contribution in [-0.2, 0) is 4.74 Å². The lowest BCUT2D eigenvalue weighted by molar-refractivity contribution is -0.0982. The maximum Gasteiger partial charge on any atom is 0.0666 e. The first kappa shape index (κ1) is 16.3. The number of nitrogens with zero attached hydrogens (tertiary/aromatic N) is 1. The van der Waals surface area contributed by atoms with Crippen LogP contribution in [-0.4, -0.2) is 49.3 Å². The Hall–Kier alpha value is -0.120. The summed E-state index contributed by atoms with van der Waals surface area (Å²) in [6, 6.07) is 0.732. The van der Waals surface area contributed by atoms with Crippen molar-refractivity contribution in [1.82, 2.24) is 10.2 Å². The quantitative estimate of drug-likeness (QED) is 0.810. The van der Waals surface area contributed by atoms with E-state index in [1.165, 1.54) is 58.3 Å². The van der Waals surface area contributed by atoms with Crippen molar-refractivity contribution in [2.75, 3.05) is 32.8 Å². The van der Waals surface area contributed by atoms with Crippen LogP contribution in [0, 0.1) is 5.92 Å². The highest BCUT2D eigenvalue weighted by Crippen LogP contribution is 2.31. The van der Waals surface area contributed by atoms with Gasteiger partial charge in [-0.25, -0.2) is 0 Å². The van der Waals surface area contributed by atoms with E-state index >= 15 is 0 Å². The molecule has 0 aromatic carbocycles. The van der Waals surface area contributed by atoms with Gasteiger partial charge in [0.1, 0.15) is 0 Å². The fourth-order valence-corrected chi connectivity index (χ4v) is 3.78. The zero-order valence-electron chi connectivity index (χ0n) is 13.8. The van der Waals surface area contributed by atoms with Crippen LogP contribution in [0.25, 0.3) is 0 Å². The maximum absolute atomic E-state index is 6.02. The molecule has 0 amide bonds. The normalized spacial score (nSPS) is 35.4. The minimum absolute atomic E-state index is 0.111. The van der Waals surface area contributed by atoms with E-state index in [-0.39, 0.29) is 5.60 Å². The molecule has 3 nitrogen and oxygen atoms in total. The Morgan fingerprint density at radius 3 is 2.80 bits per heavy atom. The van der Waals surface area contributed by atoms with E-state index in [0.29, 0.717) is 0 Å². The molecule has 0 aromatic heterocycles. The second kappa shape index (κ2) is 7.77. The molecule has 0 bridgehead atoms. The average Bonchev–Trinajstić information content (AvgIpc) is 2.48. The van der Waals surface area contributed by atoms with Crippen LogP contribution in [0.2, 0.25) is 0 Å². The van der Waals surface area contributed by atoms with Gasteiger partial charge in [0.05, 0.1) is 5.60 Å². The molecule has 2 rings (SSSR count). The first-order valence-corrected chi connectivity index (χ1v) is 8.75. The topological polar surface area (TPSA) is 24.5 Å². The summed E-state index contributed by atoms with van der Waals surface area (Å²) in [7, 11) is 0. The molecule has 0 aliphatic carbocycles. The van der Waals surface area contributed by atoms with Gasteiger partial charge in [0.2, 0.25) is 0 Å². The number of hydrogen-bond donors (Lipinski definition) is 1. The van der Waals surface area contributed by atoms with Crippen LogP contribution in [0.3, 0.4) is 0 Å². The molecule has 20 heavy (non-hydrogen) atoms. The lowest BCUT2D eigenvalue weighted by Gasteiger charge is -2.44. The molecule has 0 radical (unpaired) electrons. The second-order valence-electron chi connectivity index (χ2n) is 7.01. The smallest absolute Gasteiger partial charge is 0.0666 e. The molecule has 0 spiro atoms. The molecule has 2 heterocycles. The Balaban J connectivity index is 1.92. The standard InChI is InChI=1S/C17H34N2O/c1-4-10-19(14-15-7-6-9-18-13-15)16-8-11-20-17(3,5-2)12-16/h15-16,18H,4-14H2,1-3H3. The third kappa shape index (κ3) is 4.44. The van der Waals surface area contributed by atoms with Crippen LogP contribution < -0.4 is 5.32 Å². The zero-order valence-corrected chi connectivity index (χ0v) is 13.8. The predicted octanol–water partition coefficient (Wildman–Crippen LogP) is 3.05. The van der Waals surface area contributed by atoms with Gasteiger partial charge in [-0.2, -0.15) is 0 Å². The average molecular weight is 282 g/mol. The molecule has 2 aliphatic heterocycles. The number of ether oxygens (including phenoxy) is 1. The van der Waals surface area contributed by atoms with E-state index in [4.69, 9.17) is 4.74 Å². The largest absolute Gasteiger partial charge is 0.375 e. The van der Waals surface area contributed by atoms with E-state index in [1.54, 1.807) is 0 Å². The summed E-state index contributed by atoms with van der Waals surface area (Å²) in [5.74, 6) is 0.853. The third-order valence-electron chi connectivity index (χ3n) is 5.24. The van der Waals surface area contributed by atoms with Crippen molar-refractivity contribution >= 4 is 0 Å². The first-order valence-electron chi connectivity index (χ1n) is 8.75. The maximum atomic E-state index is 6.02. The van der Waals surface area contributed by atoms with Gasteiger partial charge in [0, 0.05) is 19.2 Å². The van der Waals surface area contributed by atoms with Gasteiger partial charge in [-0.3, -0.25) is 4.90 Å². The number of piperidine rings is 1. The van der Waals surface area contributed by atoms with Gasteiger partial charge in [-0.1, -0.05) is 13.8 Å². The number of hydrogen-bond acceptors (Lipinski definition) is 3. The Morgan fingerprint density at radius 1 is 1.30 bits per heavy atom. The molecule has 118 valence electrons. The highest BCUT2D eigenvalue weighted by Gasteiger charge is 2.34. The van der Waals surface area contributed by atoms with E-state index in [1.807, 2.05) is 0 Å². The summed E-state index contributed by atoms with van der Waals surface area (Å²) in [6.45, 7) is 12.8. The van der Waals surface area contributed by atoms with Crippen molar-refractivity contribution in [3.8, 4) is 0 Å².